The van der Waals surface area contributed by atoms with Gasteiger partial charge in [-0.3, -0.25) is 9.89 Å². The molecule has 0 saturated carbocycles. The van der Waals surface area contributed by atoms with Crippen molar-refractivity contribution in [3.63, 3.8) is 0 Å². The van der Waals surface area contributed by atoms with Crippen molar-refractivity contribution in [3.05, 3.63) is 17.5 Å². The van der Waals surface area contributed by atoms with Crippen LogP contribution in [0.2, 0.25) is 0 Å². The zero-order valence-corrected chi connectivity index (χ0v) is 21.1. The maximum atomic E-state index is 4.48. The van der Waals surface area contributed by atoms with E-state index < -0.39 is 0 Å². The molecule has 0 aromatic carbocycles. The van der Waals surface area contributed by atoms with Gasteiger partial charge in [0.2, 0.25) is 0 Å². The Morgan fingerprint density at radius 1 is 1.25 bits per heavy atom. The summed E-state index contributed by atoms with van der Waals surface area (Å²) < 4.78 is 0. The molecule has 1 unspecified atom stereocenters. The Morgan fingerprint density at radius 3 is 2.61 bits per heavy atom. The lowest BCUT2D eigenvalue weighted by Gasteiger charge is -2.43. The van der Waals surface area contributed by atoms with Gasteiger partial charge in [-0.25, -0.2) is 0 Å². The van der Waals surface area contributed by atoms with Crippen LogP contribution in [-0.4, -0.2) is 62.2 Å². The maximum absolute atomic E-state index is 4.48. The number of hydrogen-bond donors (Lipinski definition) is 2. The monoisotopic (exact) mass is 519 g/mol. The van der Waals surface area contributed by atoms with E-state index in [4.69, 9.17) is 0 Å². The van der Waals surface area contributed by atoms with E-state index in [0.717, 1.165) is 44.4 Å². The van der Waals surface area contributed by atoms with Crippen LogP contribution in [0.4, 0.5) is 5.00 Å². The van der Waals surface area contributed by atoms with Crippen LogP contribution in [0.15, 0.2) is 22.5 Å². The number of thiophene rings is 1. The summed E-state index contributed by atoms with van der Waals surface area (Å²) in [5.74, 6) is 1.76. The molecule has 0 radical (unpaired) electrons. The van der Waals surface area contributed by atoms with Crippen LogP contribution in [0.25, 0.3) is 0 Å². The average Bonchev–Trinajstić information content (AvgIpc) is 3.20. The summed E-state index contributed by atoms with van der Waals surface area (Å²) in [7, 11) is 1.88. The minimum atomic E-state index is 0. The predicted molar refractivity (Wildman–Crippen MR) is 134 cm³/mol. The molecule has 2 N–H and O–H groups in total. The van der Waals surface area contributed by atoms with Crippen molar-refractivity contribution in [1.82, 2.24) is 15.5 Å². The van der Waals surface area contributed by atoms with Crippen molar-refractivity contribution >= 4 is 46.3 Å². The van der Waals surface area contributed by atoms with E-state index in [-0.39, 0.29) is 29.5 Å². The molecule has 2 saturated heterocycles. The number of anilines is 1. The SMILES string of the molecule is CN=C(NCC(C)(C)N1CCCC(C)C1)NC1CCN(c2cccs2)CC1.I. The molecule has 0 amide bonds. The molecule has 1 aromatic rings. The highest BCUT2D eigenvalue weighted by Gasteiger charge is 2.30. The fraction of sp³-hybridized carbons (Fsp3) is 0.762. The van der Waals surface area contributed by atoms with Crippen LogP contribution in [0, 0.1) is 5.92 Å². The highest BCUT2D eigenvalue weighted by Crippen LogP contribution is 2.25. The second kappa shape index (κ2) is 11.0. The number of hydrogen-bond acceptors (Lipinski definition) is 4. The second-order valence-electron chi connectivity index (χ2n) is 8.79. The first-order valence-corrected chi connectivity index (χ1v) is 11.4. The molecule has 1 aromatic heterocycles. The quantitative estimate of drug-likeness (QED) is 0.351. The van der Waals surface area contributed by atoms with Crippen LogP contribution in [0.1, 0.15) is 46.5 Å². The highest BCUT2D eigenvalue weighted by atomic mass is 127. The molecule has 28 heavy (non-hydrogen) atoms. The zero-order valence-electron chi connectivity index (χ0n) is 17.9. The van der Waals surface area contributed by atoms with E-state index >= 15 is 0 Å². The fourth-order valence-electron chi connectivity index (χ4n) is 4.23. The first-order chi connectivity index (χ1) is 13.0. The van der Waals surface area contributed by atoms with Gasteiger partial charge in [0.15, 0.2) is 5.96 Å². The van der Waals surface area contributed by atoms with Crippen molar-refractivity contribution in [2.75, 3.05) is 44.7 Å². The van der Waals surface area contributed by atoms with Gasteiger partial charge in [-0.1, -0.05) is 6.92 Å². The molecule has 160 valence electrons. The lowest BCUT2D eigenvalue weighted by molar-refractivity contribution is 0.0739. The summed E-state index contributed by atoms with van der Waals surface area (Å²) >= 11 is 1.84. The topological polar surface area (TPSA) is 42.9 Å². The Balaban J connectivity index is 0.00000280. The van der Waals surface area contributed by atoms with Crippen LogP contribution < -0.4 is 15.5 Å². The summed E-state index contributed by atoms with van der Waals surface area (Å²) in [6.45, 7) is 12.7. The first-order valence-electron chi connectivity index (χ1n) is 10.5. The van der Waals surface area contributed by atoms with Gasteiger partial charge in [0.1, 0.15) is 0 Å². The van der Waals surface area contributed by atoms with Crippen molar-refractivity contribution in [2.45, 2.75) is 58.0 Å². The number of rotatable bonds is 5. The van der Waals surface area contributed by atoms with Gasteiger partial charge in [0.25, 0.3) is 0 Å². The third-order valence-electron chi connectivity index (χ3n) is 6.08. The van der Waals surface area contributed by atoms with E-state index in [2.05, 4.69) is 63.7 Å². The summed E-state index contributed by atoms with van der Waals surface area (Å²) in [6, 6.07) is 4.87. The van der Waals surface area contributed by atoms with Crippen LogP contribution in [0.5, 0.6) is 0 Å². The third-order valence-corrected chi connectivity index (χ3v) is 7.01. The van der Waals surface area contributed by atoms with Gasteiger partial charge in [-0.15, -0.1) is 35.3 Å². The van der Waals surface area contributed by atoms with Crippen molar-refractivity contribution in [3.8, 4) is 0 Å². The Labute approximate surface area is 192 Å². The number of guanidine groups is 1. The van der Waals surface area contributed by atoms with Gasteiger partial charge in [-0.2, -0.15) is 0 Å². The Hall–Kier alpha value is -0.540. The molecule has 0 spiro atoms. The smallest absolute Gasteiger partial charge is 0.191 e. The average molecular weight is 520 g/mol. The molecule has 1 atom stereocenters. The summed E-state index contributed by atoms with van der Waals surface area (Å²) in [6.07, 6.45) is 5.01. The zero-order chi connectivity index (χ0) is 19.3. The molecule has 0 aliphatic carbocycles. The Bertz CT molecular complexity index is 596. The van der Waals surface area contributed by atoms with E-state index in [1.54, 1.807) is 0 Å². The van der Waals surface area contributed by atoms with E-state index in [1.165, 1.54) is 30.9 Å². The summed E-state index contributed by atoms with van der Waals surface area (Å²) in [5.41, 5.74) is 0.148. The number of nitrogens with one attached hydrogen (secondary N) is 2. The van der Waals surface area contributed by atoms with Crippen LogP contribution >= 0.6 is 35.3 Å². The van der Waals surface area contributed by atoms with Crippen LogP contribution in [-0.2, 0) is 0 Å². The second-order valence-corrected chi connectivity index (χ2v) is 9.71. The van der Waals surface area contributed by atoms with Gasteiger partial charge < -0.3 is 15.5 Å². The Morgan fingerprint density at radius 2 is 2.00 bits per heavy atom. The van der Waals surface area contributed by atoms with Gasteiger partial charge in [-0.05, 0) is 69.5 Å². The standard InChI is InChI=1S/C21H37N5S.HI/c1-17-7-5-11-26(15-17)21(2,3)16-23-20(22-4)24-18-9-12-25(13-10-18)19-8-6-14-27-19;/h6,8,14,17-18H,5,7,9-13,15-16H2,1-4H3,(H2,22,23,24);1H. The fourth-order valence-corrected chi connectivity index (χ4v) is 5.02. The lowest BCUT2D eigenvalue weighted by atomic mass is 9.93. The van der Waals surface area contributed by atoms with Crippen molar-refractivity contribution in [1.29, 1.82) is 0 Å². The van der Waals surface area contributed by atoms with Crippen molar-refractivity contribution < 1.29 is 0 Å². The van der Waals surface area contributed by atoms with E-state index in [0.29, 0.717) is 6.04 Å². The minimum absolute atomic E-state index is 0. The Kier molecular flexibility index (Phi) is 9.34. The highest BCUT2D eigenvalue weighted by molar-refractivity contribution is 14.0. The number of likely N-dealkylation sites (tertiary alicyclic amines) is 1. The van der Waals surface area contributed by atoms with Gasteiger partial charge >= 0.3 is 0 Å². The van der Waals surface area contributed by atoms with Gasteiger partial charge in [0.05, 0.1) is 5.00 Å². The normalized spacial score (nSPS) is 22.6. The molecule has 3 rings (SSSR count). The minimum Gasteiger partial charge on any atom is -0.363 e. The van der Waals surface area contributed by atoms with E-state index in [9.17, 15) is 0 Å². The van der Waals surface area contributed by atoms with Crippen LogP contribution in [0.3, 0.4) is 0 Å². The molecule has 3 heterocycles. The van der Waals surface area contributed by atoms with E-state index in [1.807, 2.05) is 18.4 Å². The summed E-state index contributed by atoms with van der Waals surface area (Å²) in [4.78, 5) is 9.62. The molecule has 7 heteroatoms. The largest absolute Gasteiger partial charge is 0.363 e. The lowest BCUT2D eigenvalue weighted by Crippen LogP contribution is -2.57. The maximum Gasteiger partial charge on any atom is 0.191 e. The molecule has 2 aliphatic rings. The first kappa shape index (κ1) is 23.7. The number of piperidine rings is 2. The number of halogens is 1. The van der Waals surface area contributed by atoms with Crippen molar-refractivity contribution in [2.24, 2.45) is 10.9 Å². The molecular formula is C21H38IN5S. The summed E-state index contributed by atoms with van der Waals surface area (Å²) in [5, 5.41) is 10.8. The number of nitrogens with zero attached hydrogens (tertiary/aromatic N) is 3. The molecule has 2 fully saturated rings. The molecule has 5 nitrogen and oxygen atoms in total. The molecular weight excluding hydrogens is 481 g/mol. The molecule has 0 bridgehead atoms. The number of aliphatic imine (C=N–C) groups is 1. The predicted octanol–water partition coefficient (Wildman–Crippen LogP) is 4.01. The van der Waals surface area contributed by atoms with Gasteiger partial charge in [0, 0.05) is 44.8 Å². The molecule has 2 aliphatic heterocycles. The third kappa shape index (κ3) is 6.49.